The molecule has 2 unspecified atom stereocenters. The fourth-order valence-corrected chi connectivity index (χ4v) is 2.86. The van der Waals surface area contributed by atoms with E-state index in [1.54, 1.807) is 18.2 Å². The molecule has 0 radical (unpaired) electrons. The Bertz CT molecular complexity index is 697. The second kappa shape index (κ2) is 5.22. The van der Waals surface area contributed by atoms with Crippen molar-refractivity contribution in [2.45, 2.75) is 25.4 Å². The van der Waals surface area contributed by atoms with Crippen molar-refractivity contribution in [2.24, 2.45) is 5.73 Å². The normalized spacial score (nSPS) is 20.1. The Morgan fingerprint density at radius 1 is 1.29 bits per heavy atom. The van der Waals surface area contributed by atoms with Gasteiger partial charge in [0.15, 0.2) is 0 Å². The van der Waals surface area contributed by atoms with E-state index in [1.807, 2.05) is 31.2 Å². The molecule has 4 nitrogen and oxygen atoms in total. The van der Waals surface area contributed by atoms with Crippen molar-refractivity contribution in [2.75, 3.05) is 0 Å². The molecule has 1 aliphatic rings. The number of aryl methyl sites for hydroxylation is 1. The van der Waals surface area contributed by atoms with E-state index in [0.29, 0.717) is 0 Å². The summed E-state index contributed by atoms with van der Waals surface area (Å²) < 4.78 is 0. The lowest BCUT2D eigenvalue weighted by atomic mass is 10.1. The van der Waals surface area contributed by atoms with Crippen molar-refractivity contribution in [3.05, 3.63) is 64.7 Å². The lowest BCUT2D eigenvalue weighted by Crippen LogP contribution is -2.38. The molecule has 21 heavy (non-hydrogen) atoms. The standard InChI is InChI=1S/C17H18N2O2/c1-10-6-7-13(15(20)8-10)17(21)19-16-12-5-3-2-4-11(12)9-14(16)18/h2-8,14,16,20H,9,18H2,1H3,(H,19,21). The molecular weight excluding hydrogens is 264 g/mol. The van der Waals surface area contributed by atoms with Gasteiger partial charge >= 0.3 is 0 Å². The van der Waals surface area contributed by atoms with Crippen LogP contribution in [0.15, 0.2) is 42.5 Å². The van der Waals surface area contributed by atoms with Crippen LogP contribution in [-0.2, 0) is 6.42 Å². The number of aromatic hydroxyl groups is 1. The van der Waals surface area contributed by atoms with Crippen molar-refractivity contribution in [3.63, 3.8) is 0 Å². The number of nitrogens with two attached hydrogens (primary N) is 1. The first-order valence-corrected chi connectivity index (χ1v) is 7.00. The smallest absolute Gasteiger partial charge is 0.255 e. The molecule has 0 aromatic heterocycles. The first-order chi connectivity index (χ1) is 10.1. The van der Waals surface area contributed by atoms with E-state index >= 15 is 0 Å². The van der Waals surface area contributed by atoms with Crippen LogP contribution in [0.1, 0.15) is 33.1 Å². The highest BCUT2D eigenvalue weighted by Crippen LogP contribution is 2.30. The van der Waals surface area contributed by atoms with Gasteiger partial charge in [0.2, 0.25) is 0 Å². The zero-order chi connectivity index (χ0) is 15.0. The maximum absolute atomic E-state index is 12.4. The maximum Gasteiger partial charge on any atom is 0.255 e. The predicted octanol–water partition coefficient (Wildman–Crippen LogP) is 2.06. The topological polar surface area (TPSA) is 75.4 Å². The third-order valence-electron chi connectivity index (χ3n) is 3.96. The van der Waals surface area contributed by atoms with Crippen LogP contribution in [0.5, 0.6) is 5.75 Å². The van der Waals surface area contributed by atoms with E-state index in [0.717, 1.165) is 17.5 Å². The van der Waals surface area contributed by atoms with Crippen LogP contribution in [0.2, 0.25) is 0 Å². The third kappa shape index (κ3) is 2.50. The van der Waals surface area contributed by atoms with E-state index in [4.69, 9.17) is 5.73 Å². The molecule has 2 aromatic rings. The quantitative estimate of drug-likeness (QED) is 0.789. The number of hydrogen-bond acceptors (Lipinski definition) is 3. The second-order valence-electron chi connectivity index (χ2n) is 5.54. The van der Waals surface area contributed by atoms with Gasteiger partial charge in [0.25, 0.3) is 5.91 Å². The molecule has 1 amide bonds. The average molecular weight is 282 g/mol. The number of rotatable bonds is 2. The molecule has 1 aliphatic carbocycles. The molecule has 2 aromatic carbocycles. The summed E-state index contributed by atoms with van der Waals surface area (Å²) >= 11 is 0. The van der Waals surface area contributed by atoms with Gasteiger partial charge in [0.1, 0.15) is 5.75 Å². The van der Waals surface area contributed by atoms with Crippen LogP contribution < -0.4 is 11.1 Å². The SMILES string of the molecule is Cc1ccc(C(=O)NC2c3ccccc3CC2N)c(O)c1. The number of nitrogens with one attached hydrogen (secondary N) is 1. The van der Waals surface area contributed by atoms with Crippen LogP contribution in [0.4, 0.5) is 0 Å². The largest absolute Gasteiger partial charge is 0.507 e. The van der Waals surface area contributed by atoms with Crippen LogP contribution in [0, 0.1) is 6.92 Å². The minimum absolute atomic E-state index is 0.00708. The summed E-state index contributed by atoms with van der Waals surface area (Å²) in [6, 6.07) is 12.6. The van der Waals surface area contributed by atoms with Gasteiger partial charge in [-0.05, 0) is 42.2 Å². The van der Waals surface area contributed by atoms with Crippen molar-refractivity contribution >= 4 is 5.91 Å². The Morgan fingerprint density at radius 2 is 2.05 bits per heavy atom. The molecular formula is C17H18N2O2. The first-order valence-electron chi connectivity index (χ1n) is 7.00. The number of hydrogen-bond donors (Lipinski definition) is 3. The van der Waals surface area contributed by atoms with Crippen LogP contribution in [-0.4, -0.2) is 17.1 Å². The number of carbonyl (C=O) groups is 1. The summed E-state index contributed by atoms with van der Waals surface area (Å²) in [6.45, 7) is 1.87. The summed E-state index contributed by atoms with van der Waals surface area (Å²) in [4.78, 5) is 12.4. The summed E-state index contributed by atoms with van der Waals surface area (Å²) in [6.07, 6.45) is 0.751. The second-order valence-corrected chi connectivity index (χ2v) is 5.54. The molecule has 3 rings (SSSR count). The lowest BCUT2D eigenvalue weighted by Gasteiger charge is -2.19. The van der Waals surface area contributed by atoms with Gasteiger partial charge in [-0.3, -0.25) is 4.79 Å². The first kappa shape index (κ1) is 13.6. The van der Waals surface area contributed by atoms with Gasteiger partial charge in [-0.25, -0.2) is 0 Å². The van der Waals surface area contributed by atoms with Gasteiger partial charge in [-0.1, -0.05) is 30.3 Å². The molecule has 0 spiro atoms. The van der Waals surface area contributed by atoms with Gasteiger partial charge < -0.3 is 16.2 Å². The highest BCUT2D eigenvalue weighted by Gasteiger charge is 2.31. The molecule has 0 fully saturated rings. The molecule has 0 aliphatic heterocycles. The third-order valence-corrected chi connectivity index (χ3v) is 3.96. The highest BCUT2D eigenvalue weighted by atomic mass is 16.3. The molecule has 0 saturated heterocycles. The fraction of sp³-hybridized carbons (Fsp3) is 0.235. The zero-order valence-electron chi connectivity index (χ0n) is 11.8. The molecule has 2 atom stereocenters. The van der Waals surface area contributed by atoms with Gasteiger partial charge in [0, 0.05) is 6.04 Å². The maximum atomic E-state index is 12.4. The number of amides is 1. The Kier molecular flexibility index (Phi) is 3.39. The molecule has 4 N–H and O–H groups in total. The lowest BCUT2D eigenvalue weighted by molar-refractivity contribution is 0.0930. The number of carbonyl (C=O) groups excluding carboxylic acids is 1. The fourth-order valence-electron chi connectivity index (χ4n) is 2.86. The minimum atomic E-state index is -0.301. The van der Waals surface area contributed by atoms with Gasteiger partial charge in [-0.2, -0.15) is 0 Å². The predicted molar refractivity (Wildman–Crippen MR) is 81.2 cm³/mol. The number of fused-ring (bicyclic) bond motifs is 1. The van der Waals surface area contributed by atoms with Crippen molar-refractivity contribution in [3.8, 4) is 5.75 Å². The number of benzene rings is 2. The summed E-state index contributed by atoms with van der Waals surface area (Å²) in [7, 11) is 0. The summed E-state index contributed by atoms with van der Waals surface area (Å²) in [5, 5.41) is 12.8. The van der Waals surface area contributed by atoms with E-state index in [2.05, 4.69) is 5.32 Å². The average Bonchev–Trinajstić information content (AvgIpc) is 2.75. The number of phenolic OH excluding ortho intramolecular Hbond substituents is 1. The van der Waals surface area contributed by atoms with Crippen LogP contribution >= 0.6 is 0 Å². The van der Waals surface area contributed by atoms with Gasteiger partial charge in [-0.15, -0.1) is 0 Å². The summed E-state index contributed by atoms with van der Waals surface area (Å²) in [5.41, 5.74) is 9.55. The molecule has 108 valence electrons. The Labute approximate surface area is 123 Å². The molecule has 0 saturated carbocycles. The van der Waals surface area contributed by atoms with E-state index in [-0.39, 0.29) is 29.3 Å². The van der Waals surface area contributed by atoms with Crippen LogP contribution in [0.3, 0.4) is 0 Å². The Balaban J connectivity index is 1.85. The molecule has 0 heterocycles. The van der Waals surface area contributed by atoms with Crippen molar-refractivity contribution in [1.82, 2.24) is 5.32 Å². The zero-order valence-corrected chi connectivity index (χ0v) is 11.8. The molecule has 4 heteroatoms. The highest BCUT2D eigenvalue weighted by molar-refractivity contribution is 5.97. The van der Waals surface area contributed by atoms with Crippen LogP contribution in [0.25, 0.3) is 0 Å². The Hall–Kier alpha value is -2.33. The van der Waals surface area contributed by atoms with Gasteiger partial charge in [0.05, 0.1) is 11.6 Å². The minimum Gasteiger partial charge on any atom is -0.507 e. The van der Waals surface area contributed by atoms with Crippen molar-refractivity contribution in [1.29, 1.82) is 0 Å². The number of phenols is 1. The monoisotopic (exact) mass is 282 g/mol. The van der Waals surface area contributed by atoms with E-state index in [1.165, 1.54) is 5.56 Å². The Morgan fingerprint density at radius 3 is 2.81 bits per heavy atom. The summed E-state index contributed by atoms with van der Waals surface area (Å²) in [5.74, 6) is -0.308. The van der Waals surface area contributed by atoms with E-state index < -0.39 is 0 Å². The molecule has 0 bridgehead atoms. The van der Waals surface area contributed by atoms with Crippen molar-refractivity contribution < 1.29 is 9.90 Å². The van der Waals surface area contributed by atoms with E-state index in [9.17, 15) is 9.90 Å².